The fraction of sp³-hybridized carbons (Fsp3) is 0.385. The van der Waals surface area contributed by atoms with Crippen LogP contribution in [0, 0.1) is 0 Å². The highest BCUT2D eigenvalue weighted by atomic mass is 79.9. The molecule has 1 aromatic rings. The number of nitrogens with zero attached hydrogens (tertiary/aromatic N) is 1. The molecule has 0 aliphatic carbocycles. The summed E-state index contributed by atoms with van der Waals surface area (Å²) in [4.78, 5) is 25.2. The first-order chi connectivity index (χ1) is 8.56. The zero-order valence-electron chi connectivity index (χ0n) is 10.1. The molecule has 2 amide bonds. The van der Waals surface area contributed by atoms with Crippen molar-refractivity contribution in [1.82, 2.24) is 10.2 Å². The number of carbonyl (C=O) groups excluding carboxylic acids is 2. The normalized spacial score (nSPS) is 20.6. The van der Waals surface area contributed by atoms with Crippen LogP contribution in [0.15, 0.2) is 28.7 Å². The topological polar surface area (TPSA) is 49.4 Å². The molecule has 18 heavy (non-hydrogen) atoms. The minimum absolute atomic E-state index is 0.0270. The number of halogens is 1. The van der Waals surface area contributed by atoms with Gasteiger partial charge < -0.3 is 10.2 Å². The van der Waals surface area contributed by atoms with Crippen molar-refractivity contribution >= 4 is 27.7 Å². The Bertz CT molecular complexity index is 476. The van der Waals surface area contributed by atoms with Gasteiger partial charge in [-0.15, -0.1) is 0 Å². The molecule has 0 bridgehead atoms. The van der Waals surface area contributed by atoms with Gasteiger partial charge in [0.15, 0.2) is 0 Å². The third kappa shape index (κ3) is 3.10. The smallest absolute Gasteiger partial charge is 0.245 e. The summed E-state index contributed by atoms with van der Waals surface area (Å²) in [6.45, 7) is 2.73. The number of nitrogens with one attached hydrogen (secondary N) is 1. The predicted octanol–water partition coefficient (Wildman–Crippen LogP) is 1.69. The molecule has 5 heteroatoms. The van der Waals surface area contributed by atoms with E-state index in [1.165, 1.54) is 0 Å². The molecule has 4 nitrogen and oxygen atoms in total. The van der Waals surface area contributed by atoms with Crippen LogP contribution in [0.2, 0.25) is 0 Å². The van der Waals surface area contributed by atoms with Crippen molar-refractivity contribution in [2.45, 2.75) is 25.9 Å². The van der Waals surface area contributed by atoms with Gasteiger partial charge in [0, 0.05) is 24.0 Å². The Morgan fingerprint density at radius 2 is 2.22 bits per heavy atom. The van der Waals surface area contributed by atoms with E-state index in [1.54, 1.807) is 11.8 Å². The van der Waals surface area contributed by atoms with E-state index in [2.05, 4.69) is 21.2 Å². The van der Waals surface area contributed by atoms with Gasteiger partial charge in [-0.3, -0.25) is 9.59 Å². The van der Waals surface area contributed by atoms with E-state index in [-0.39, 0.29) is 11.8 Å². The largest absolute Gasteiger partial charge is 0.345 e. The van der Waals surface area contributed by atoms with Gasteiger partial charge in [-0.2, -0.15) is 0 Å². The third-order valence-electron chi connectivity index (χ3n) is 2.93. The molecule has 96 valence electrons. The predicted molar refractivity (Wildman–Crippen MR) is 71.8 cm³/mol. The Morgan fingerprint density at radius 3 is 2.94 bits per heavy atom. The summed E-state index contributed by atoms with van der Waals surface area (Å²) in [5.74, 6) is -0.0894. The van der Waals surface area contributed by atoms with Gasteiger partial charge in [-0.25, -0.2) is 0 Å². The van der Waals surface area contributed by atoms with E-state index in [1.807, 2.05) is 24.3 Å². The number of rotatable bonds is 2. The molecule has 1 atom stereocenters. The third-order valence-corrected chi connectivity index (χ3v) is 3.42. The molecule has 1 N–H and O–H groups in total. The van der Waals surface area contributed by atoms with Crippen LogP contribution in [0.3, 0.4) is 0 Å². The van der Waals surface area contributed by atoms with E-state index in [0.717, 1.165) is 10.0 Å². The zero-order valence-corrected chi connectivity index (χ0v) is 11.7. The monoisotopic (exact) mass is 310 g/mol. The highest BCUT2D eigenvalue weighted by molar-refractivity contribution is 9.10. The van der Waals surface area contributed by atoms with Gasteiger partial charge in [-0.05, 0) is 24.6 Å². The van der Waals surface area contributed by atoms with Crippen LogP contribution < -0.4 is 5.32 Å². The van der Waals surface area contributed by atoms with Gasteiger partial charge in [0.05, 0.1) is 0 Å². The average Bonchev–Trinajstić information content (AvgIpc) is 2.43. The molecule has 0 aromatic heterocycles. The van der Waals surface area contributed by atoms with Gasteiger partial charge in [-0.1, -0.05) is 28.1 Å². The molecule has 1 heterocycles. The molecular formula is C13H15BrN2O2. The second-order valence-corrected chi connectivity index (χ2v) is 5.34. The lowest BCUT2D eigenvalue weighted by molar-refractivity contribution is -0.133. The summed E-state index contributed by atoms with van der Waals surface area (Å²) in [5.41, 5.74) is 1.05. The fourth-order valence-electron chi connectivity index (χ4n) is 2.01. The van der Waals surface area contributed by atoms with Crippen LogP contribution in [0.5, 0.6) is 0 Å². The molecular weight excluding hydrogens is 296 g/mol. The van der Waals surface area contributed by atoms with Crippen molar-refractivity contribution in [3.05, 3.63) is 34.3 Å². The van der Waals surface area contributed by atoms with Crippen LogP contribution >= 0.6 is 15.9 Å². The van der Waals surface area contributed by atoms with Gasteiger partial charge in [0.25, 0.3) is 0 Å². The maximum atomic E-state index is 12.1. The van der Waals surface area contributed by atoms with Gasteiger partial charge in [0.1, 0.15) is 6.04 Å². The zero-order chi connectivity index (χ0) is 13.1. The highest BCUT2D eigenvalue weighted by Crippen LogP contribution is 2.15. The lowest BCUT2D eigenvalue weighted by atomic mass is 10.2. The molecule has 0 radical (unpaired) electrons. The Balaban J connectivity index is 2.12. The first kappa shape index (κ1) is 13.1. The van der Waals surface area contributed by atoms with Crippen LogP contribution in [0.4, 0.5) is 0 Å². The first-order valence-electron chi connectivity index (χ1n) is 5.89. The second kappa shape index (κ2) is 5.52. The summed E-state index contributed by atoms with van der Waals surface area (Å²) >= 11 is 3.41. The van der Waals surface area contributed by atoms with Crippen molar-refractivity contribution in [3.63, 3.8) is 0 Å². The molecule has 1 aromatic carbocycles. The lowest BCUT2D eigenvalue weighted by Crippen LogP contribution is -2.42. The Kier molecular flexibility index (Phi) is 4.01. The Hall–Kier alpha value is -1.36. The maximum absolute atomic E-state index is 12.1. The Labute approximate surface area is 114 Å². The average molecular weight is 311 g/mol. The standard InChI is InChI=1S/C13H15BrN2O2/c1-9-13(18)16(6-5-12(17)15-9)8-10-3-2-4-11(14)7-10/h2-4,7,9H,5-6,8H2,1H3,(H,15,17). The van der Waals surface area contributed by atoms with Crippen LogP contribution in [-0.4, -0.2) is 29.3 Å². The van der Waals surface area contributed by atoms with Crippen molar-refractivity contribution in [3.8, 4) is 0 Å². The number of carbonyl (C=O) groups is 2. The number of hydrogen-bond donors (Lipinski definition) is 1. The fourth-order valence-corrected chi connectivity index (χ4v) is 2.46. The van der Waals surface area contributed by atoms with E-state index < -0.39 is 6.04 Å². The number of hydrogen-bond acceptors (Lipinski definition) is 2. The minimum Gasteiger partial charge on any atom is -0.345 e. The van der Waals surface area contributed by atoms with Crippen LogP contribution in [0.1, 0.15) is 18.9 Å². The van der Waals surface area contributed by atoms with Crippen molar-refractivity contribution < 1.29 is 9.59 Å². The van der Waals surface area contributed by atoms with Crippen molar-refractivity contribution in [1.29, 1.82) is 0 Å². The summed E-state index contributed by atoms with van der Waals surface area (Å²) in [6.07, 6.45) is 0.365. The van der Waals surface area contributed by atoms with E-state index in [4.69, 9.17) is 0 Å². The minimum atomic E-state index is -0.438. The van der Waals surface area contributed by atoms with Gasteiger partial charge in [0.2, 0.25) is 11.8 Å². The molecule has 1 unspecified atom stereocenters. The SMILES string of the molecule is CC1NC(=O)CCN(Cc2cccc(Br)c2)C1=O. The summed E-state index contributed by atoms with van der Waals surface area (Å²) < 4.78 is 0.990. The second-order valence-electron chi connectivity index (χ2n) is 4.43. The van der Waals surface area contributed by atoms with Crippen molar-refractivity contribution in [2.24, 2.45) is 0 Å². The van der Waals surface area contributed by atoms with E-state index in [9.17, 15) is 9.59 Å². The summed E-state index contributed by atoms with van der Waals surface area (Å²) in [5, 5.41) is 2.68. The molecule has 0 saturated carbocycles. The van der Waals surface area contributed by atoms with Gasteiger partial charge >= 0.3 is 0 Å². The lowest BCUT2D eigenvalue weighted by Gasteiger charge is -2.22. The molecule has 1 saturated heterocycles. The highest BCUT2D eigenvalue weighted by Gasteiger charge is 2.26. The van der Waals surface area contributed by atoms with E-state index >= 15 is 0 Å². The summed E-state index contributed by atoms with van der Waals surface area (Å²) in [7, 11) is 0. The first-order valence-corrected chi connectivity index (χ1v) is 6.68. The quantitative estimate of drug-likeness (QED) is 0.903. The van der Waals surface area contributed by atoms with Crippen LogP contribution in [-0.2, 0) is 16.1 Å². The van der Waals surface area contributed by atoms with E-state index in [0.29, 0.717) is 19.5 Å². The maximum Gasteiger partial charge on any atom is 0.245 e. The molecule has 0 spiro atoms. The molecule has 1 fully saturated rings. The molecule has 1 aliphatic heterocycles. The Morgan fingerprint density at radius 1 is 1.44 bits per heavy atom. The molecule has 2 rings (SSSR count). The number of benzene rings is 1. The van der Waals surface area contributed by atoms with Crippen molar-refractivity contribution in [2.75, 3.05) is 6.54 Å². The molecule has 1 aliphatic rings. The van der Waals surface area contributed by atoms with Crippen LogP contribution in [0.25, 0.3) is 0 Å². The number of amides is 2. The summed E-state index contributed by atoms with van der Waals surface area (Å²) in [6, 6.07) is 7.41.